The normalized spacial score (nSPS) is 11.1. The monoisotopic (exact) mass is 192 g/mol. The van der Waals surface area contributed by atoms with Crippen LogP contribution in [-0.4, -0.2) is 39.8 Å². The number of aliphatic hydroxyl groups excluding tert-OH is 2. The molecular weight excluding hydrogens is 176 g/mol. The highest BCUT2D eigenvalue weighted by molar-refractivity contribution is 5.93. The van der Waals surface area contributed by atoms with Crippen LogP contribution in [0, 0.1) is 0 Å². The Kier molecular flexibility index (Phi) is 10.3. The van der Waals surface area contributed by atoms with Gasteiger partial charge in [-0.25, -0.2) is 0 Å². The van der Waals surface area contributed by atoms with Crippen molar-refractivity contribution in [3.8, 4) is 0 Å². The average Bonchev–Trinajstić information content (AvgIpc) is 2.01. The van der Waals surface area contributed by atoms with Gasteiger partial charge in [-0.15, -0.1) is 0 Å². The first-order chi connectivity index (χ1) is 5.93. The van der Waals surface area contributed by atoms with E-state index in [-0.39, 0.29) is 18.8 Å². The molecule has 0 aromatic rings. The lowest BCUT2D eigenvalue weighted by Gasteiger charge is -1.97. The minimum atomic E-state index is -1.06. The number of carbonyl (C=O) groups excluding carboxylic acids is 1. The van der Waals surface area contributed by atoms with E-state index in [4.69, 9.17) is 15.3 Å². The number of carbonyl (C=O) groups is 2. The summed E-state index contributed by atoms with van der Waals surface area (Å²) in [7, 11) is 0. The zero-order valence-electron chi connectivity index (χ0n) is 7.86. The smallest absolute Gasteiger partial charge is 0.310 e. The van der Waals surface area contributed by atoms with E-state index in [1.165, 1.54) is 6.92 Å². The van der Waals surface area contributed by atoms with Crippen molar-refractivity contribution in [3.63, 3.8) is 0 Å². The number of carboxylic acid groups (broad SMARTS) is 1. The minimum absolute atomic E-state index is 0.115. The Balaban J connectivity index is 0. The number of rotatable bonds is 4. The van der Waals surface area contributed by atoms with Crippen LogP contribution < -0.4 is 0 Å². The molecule has 0 saturated carbocycles. The van der Waals surface area contributed by atoms with E-state index in [1.54, 1.807) is 0 Å². The fourth-order valence-corrected chi connectivity index (χ4v) is 0.342. The van der Waals surface area contributed by atoms with Crippen LogP contribution >= 0.6 is 0 Å². The Morgan fingerprint density at radius 3 is 1.85 bits per heavy atom. The highest BCUT2D eigenvalue weighted by atomic mass is 16.4. The van der Waals surface area contributed by atoms with Crippen LogP contribution in [-0.2, 0) is 9.59 Å². The van der Waals surface area contributed by atoms with E-state index < -0.39 is 12.1 Å². The quantitative estimate of drug-likeness (QED) is 0.536. The van der Waals surface area contributed by atoms with Gasteiger partial charge in [0.2, 0.25) is 0 Å². The lowest BCUT2D eigenvalue weighted by molar-refractivity contribution is -0.139. The summed E-state index contributed by atoms with van der Waals surface area (Å²) in [6.45, 7) is 2.95. The molecular formula is C8H16O5. The number of ketones is 1. The standard InChI is InChI=1S/C4H6O3.C4H10O2/c1-3(5)2-4(6)7;1-2-4(6)3-5/h2H2,1H3,(H,6,7);4-6H,2-3H2,1H3. The van der Waals surface area contributed by atoms with Crippen molar-refractivity contribution in [3.05, 3.63) is 0 Å². The SMILES string of the molecule is CC(=O)CC(=O)O.CCC(O)CO. The third-order valence-corrected chi connectivity index (χ3v) is 1.08. The van der Waals surface area contributed by atoms with Gasteiger partial charge in [0.25, 0.3) is 0 Å². The van der Waals surface area contributed by atoms with Crippen LogP contribution in [0.4, 0.5) is 0 Å². The topological polar surface area (TPSA) is 94.8 Å². The van der Waals surface area contributed by atoms with Gasteiger partial charge in [-0.3, -0.25) is 9.59 Å². The number of aliphatic carboxylic acids is 1. The second-order valence-corrected chi connectivity index (χ2v) is 2.52. The number of carboxylic acids is 1. The van der Waals surface area contributed by atoms with Crippen LogP contribution in [0.5, 0.6) is 0 Å². The number of aliphatic hydroxyl groups is 2. The molecule has 0 aliphatic heterocycles. The Hall–Kier alpha value is -0.940. The lowest BCUT2D eigenvalue weighted by Crippen LogP contribution is -2.08. The number of hydrogen-bond acceptors (Lipinski definition) is 4. The second kappa shape index (κ2) is 9.15. The van der Waals surface area contributed by atoms with Gasteiger partial charge in [-0.1, -0.05) is 6.92 Å². The first-order valence-corrected chi connectivity index (χ1v) is 3.94. The van der Waals surface area contributed by atoms with Crippen molar-refractivity contribution in [1.82, 2.24) is 0 Å². The molecule has 0 radical (unpaired) electrons. The van der Waals surface area contributed by atoms with Crippen LogP contribution in [0.1, 0.15) is 26.7 Å². The van der Waals surface area contributed by atoms with E-state index in [1.807, 2.05) is 6.92 Å². The van der Waals surface area contributed by atoms with E-state index >= 15 is 0 Å². The maximum Gasteiger partial charge on any atom is 0.310 e. The summed E-state index contributed by atoms with van der Waals surface area (Å²) in [6.07, 6.45) is -0.235. The summed E-state index contributed by atoms with van der Waals surface area (Å²) in [5, 5.41) is 24.4. The summed E-state index contributed by atoms with van der Waals surface area (Å²) < 4.78 is 0. The van der Waals surface area contributed by atoms with Gasteiger partial charge in [0, 0.05) is 0 Å². The zero-order valence-corrected chi connectivity index (χ0v) is 7.86. The maximum absolute atomic E-state index is 9.87. The summed E-state index contributed by atoms with van der Waals surface area (Å²) in [5.74, 6) is -1.37. The van der Waals surface area contributed by atoms with Crippen LogP contribution in [0.15, 0.2) is 0 Å². The molecule has 0 rings (SSSR count). The molecule has 5 nitrogen and oxygen atoms in total. The molecule has 0 amide bonds. The van der Waals surface area contributed by atoms with Gasteiger partial charge in [0.05, 0.1) is 12.7 Å². The molecule has 0 fully saturated rings. The van der Waals surface area contributed by atoms with Crippen molar-refractivity contribution in [2.45, 2.75) is 32.8 Å². The molecule has 13 heavy (non-hydrogen) atoms. The molecule has 0 aromatic carbocycles. The zero-order chi connectivity index (χ0) is 10.9. The van der Waals surface area contributed by atoms with Gasteiger partial charge < -0.3 is 15.3 Å². The summed E-state index contributed by atoms with van der Waals surface area (Å²) >= 11 is 0. The molecule has 5 heteroatoms. The summed E-state index contributed by atoms with van der Waals surface area (Å²) in [4.78, 5) is 19.5. The molecule has 1 unspecified atom stereocenters. The Bertz CT molecular complexity index is 139. The summed E-state index contributed by atoms with van der Waals surface area (Å²) in [5.41, 5.74) is 0. The summed E-state index contributed by atoms with van der Waals surface area (Å²) in [6, 6.07) is 0. The van der Waals surface area contributed by atoms with E-state index in [9.17, 15) is 9.59 Å². The van der Waals surface area contributed by atoms with E-state index in [0.717, 1.165) is 0 Å². The second-order valence-electron chi connectivity index (χ2n) is 2.52. The van der Waals surface area contributed by atoms with Crippen molar-refractivity contribution < 1.29 is 24.9 Å². The Morgan fingerprint density at radius 1 is 1.38 bits per heavy atom. The highest BCUT2D eigenvalue weighted by Gasteiger charge is 1.98. The highest BCUT2D eigenvalue weighted by Crippen LogP contribution is 1.83. The Labute approximate surface area is 77.0 Å². The van der Waals surface area contributed by atoms with Crippen molar-refractivity contribution in [1.29, 1.82) is 0 Å². The van der Waals surface area contributed by atoms with Gasteiger partial charge in [0.15, 0.2) is 0 Å². The third-order valence-electron chi connectivity index (χ3n) is 1.08. The van der Waals surface area contributed by atoms with Crippen molar-refractivity contribution >= 4 is 11.8 Å². The van der Waals surface area contributed by atoms with Crippen molar-refractivity contribution in [2.75, 3.05) is 6.61 Å². The van der Waals surface area contributed by atoms with E-state index in [0.29, 0.717) is 6.42 Å². The lowest BCUT2D eigenvalue weighted by atomic mass is 10.3. The molecule has 3 N–H and O–H groups in total. The van der Waals surface area contributed by atoms with Gasteiger partial charge in [0.1, 0.15) is 12.2 Å². The van der Waals surface area contributed by atoms with E-state index in [2.05, 4.69) is 0 Å². The maximum atomic E-state index is 9.87. The largest absolute Gasteiger partial charge is 0.481 e. The Morgan fingerprint density at radius 2 is 1.85 bits per heavy atom. The number of hydrogen-bond donors (Lipinski definition) is 3. The number of Topliss-reactive ketones (excluding diaryl/α,β-unsaturated/α-hetero) is 1. The molecule has 0 heterocycles. The van der Waals surface area contributed by atoms with Crippen molar-refractivity contribution in [2.24, 2.45) is 0 Å². The predicted octanol–water partition coefficient (Wildman–Crippen LogP) is -0.200. The molecule has 0 spiro atoms. The average molecular weight is 192 g/mol. The van der Waals surface area contributed by atoms with Crippen LogP contribution in [0.2, 0.25) is 0 Å². The molecule has 78 valence electrons. The van der Waals surface area contributed by atoms with Gasteiger partial charge >= 0.3 is 5.97 Å². The minimum Gasteiger partial charge on any atom is -0.481 e. The van der Waals surface area contributed by atoms with Gasteiger partial charge in [-0.2, -0.15) is 0 Å². The first kappa shape index (κ1) is 14.6. The molecule has 1 atom stereocenters. The first-order valence-electron chi connectivity index (χ1n) is 3.94. The molecule has 0 aliphatic rings. The third kappa shape index (κ3) is 18.2. The van der Waals surface area contributed by atoms with Crippen LogP contribution in [0.3, 0.4) is 0 Å². The molecule has 0 saturated heterocycles. The predicted molar refractivity (Wildman–Crippen MR) is 46.3 cm³/mol. The van der Waals surface area contributed by atoms with Gasteiger partial charge in [-0.05, 0) is 13.3 Å². The molecule has 0 bridgehead atoms. The fraction of sp³-hybridized carbons (Fsp3) is 0.750. The molecule has 0 aliphatic carbocycles. The van der Waals surface area contributed by atoms with Crippen LogP contribution in [0.25, 0.3) is 0 Å². The fourth-order valence-electron chi connectivity index (χ4n) is 0.342. The molecule has 0 aromatic heterocycles.